The van der Waals surface area contributed by atoms with Crippen LogP contribution in [0.2, 0.25) is 0 Å². The van der Waals surface area contributed by atoms with Crippen LogP contribution in [-0.4, -0.2) is 37.0 Å². The fourth-order valence-electron chi connectivity index (χ4n) is 1.59. The lowest BCUT2D eigenvalue weighted by Gasteiger charge is -2.18. The van der Waals surface area contributed by atoms with E-state index in [4.69, 9.17) is 0 Å². The second-order valence-corrected chi connectivity index (χ2v) is 3.16. The monoisotopic (exact) mass is 159 g/mol. The average Bonchev–Trinajstić information content (AvgIpc) is 2.37. The maximum absolute atomic E-state index is 12.6. The van der Waals surface area contributed by atoms with Crippen LogP contribution >= 0.6 is 0 Å². The zero-order chi connectivity index (χ0) is 8.27. The summed E-state index contributed by atoms with van der Waals surface area (Å²) < 4.78 is 12.6. The van der Waals surface area contributed by atoms with Crippen LogP contribution in [0.4, 0.5) is 4.39 Å². The second kappa shape index (κ2) is 3.81. The van der Waals surface area contributed by atoms with Crippen molar-refractivity contribution in [2.75, 3.05) is 13.6 Å². The Kier molecular flexibility index (Phi) is 3.00. The third-order valence-electron chi connectivity index (χ3n) is 2.32. The van der Waals surface area contributed by atoms with Gasteiger partial charge in [0.05, 0.1) is 0 Å². The van der Waals surface area contributed by atoms with Gasteiger partial charge in [-0.3, -0.25) is 0 Å². The number of carbonyl (C=O) groups is 1. The zero-order valence-electron chi connectivity index (χ0n) is 6.79. The minimum absolute atomic E-state index is 0.287. The molecule has 1 aliphatic heterocycles. The molecule has 0 saturated carbocycles. The van der Waals surface area contributed by atoms with Gasteiger partial charge >= 0.3 is 0 Å². The molecule has 3 heteroatoms. The van der Waals surface area contributed by atoms with Gasteiger partial charge in [-0.2, -0.15) is 0 Å². The van der Waals surface area contributed by atoms with Gasteiger partial charge in [-0.05, 0) is 26.4 Å². The highest BCUT2D eigenvalue weighted by Crippen LogP contribution is 2.19. The summed E-state index contributed by atoms with van der Waals surface area (Å²) >= 11 is 0. The average molecular weight is 159 g/mol. The smallest absolute Gasteiger partial charge is 0.157 e. The Hall–Kier alpha value is -0.440. The largest absolute Gasteiger partial charge is 0.303 e. The lowest BCUT2D eigenvalue weighted by atomic mass is 10.1. The van der Waals surface area contributed by atoms with E-state index in [1.165, 1.54) is 0 Å². The normalized spacial score (nSPS) is 28.7. The molecule has 0 bridgehead atoms. The van der Waals surface area contributed by atoms with E-state index in [9.17, 15) is 9.18 Å². The standard InChI is InChI=1S/C8H14FNO/c1-10-4-2-3-8(10)5-7(9)6-11/h6-8H,2-5H2,1H3. The molecule has 2 nitrogen and oxygen atoms in total. The number of carbonyl (C=O) groups excluding carboxylic acids is 1. The molecule has 0 spiro atoms. The van der Waals surface area contributed by atoms with Gasteiger partial charge < -0.3 is 9.69 Å². The van der Waals surface area contributed by atoms with Gasteiger partial charge in [0, 0.05) is 12.5 Å². The van der Waals surface area contributed by atoms with Crippen molar-refractivity contribution < 1.29 is 9.18 Å². The SMILES string of the molecule is CN1CCCC1CC(F)C=O. The molecular formula is C8H14FNO. The van der Waals surface area contributed by atoms with Gasteiger partial charge in [0.2, 0.25) is 0 Å². The Labute approximate surface area is 66.4 Å². The number of alkyl halides is 1. The molecule has 0 radical (unpaired) electrons. The first-order valence-corrected chi connectivity index (χ1v) is 4.03. The number of nitrogens with zero attached hydrogens (tertiary/aromatic N) is 1. The molecule has 1 fully saturated rings. The van der Waals surface area contributed by atoms with E-state index >= 15 is 0 Å². The summed E-state index contributed by atoms with van der Waals surface area (Å²) in [5, 5.41) is 0. The van der Waals surface area contributed by atoms with Gasteiger partial charge in [-0.25, -0.2) is 4.39 Å². The number of aldehydes is 1. The van der Waals surface area contributed by atoms with Crippen molar-refractivity contribution in [1.82, 2.24) is 4.90 Å². The van der Waals surface area contributed by atoms with E-state index in [2.05, 4.69) is 4.90 Å². The van der Waals surface area contributed by atoms with Gasteiger partial charge in [-0.15, -0.1) is 0 Å². The van der Waals surface area contributed by atoms with Gasteiger partial charge in [0.15, 0.2) is 12.5 Å². The molecule has 1 heterocycles. The van der Waals surface area contributed by atoms with E-state index in [1.807, 2.05) is 7.05 Å². The lowest BCUT2D eigenvalue weighted by molar-refractivity contribution is -0.112. The topological polar surface area (TPSA) is 20.3 Å². The lowest BCUT2D eigenvalue weighted by Crippen LogP contribution is -2.28. The molecule has 0 aromatic carbocycles. The summed E-state index contributed by atoms with van der Waals surface area (Å²) in [6, 6.07) is 0.287. The van der Waals surface area contributed by atoms with Gasteiger partial charge in [-0.1, -0.05) is 0 Å². The van der Waals surface area contributed by atoms with Crippen LogP contribution in [-0.2, 0) is 4.79 Å². The molecule has 0 amide bonds. The molecule has 64 valence electrons. The predicted molar refractivity (Wildman–Crippen MR) is 41.2 cm³/mol. The van der Waals surface area contributed by atoms with Crippen molar-refractivity contribution >= 4 is 6.29 Å². The molecule has 0 aromatic heterocycles. The first-order valence-electron chi connectivity index (χ1n) is 4.03. The van der Waals surface area contributed by atoms with Gasteiger partial charge in [0.25, 0.3) is 0 Å². The van der Waals surface area contributed by atoms with Crippen LogP contribution in [0.25, 0.3) is 0 Å². The molecule has 0 aliphatic carbocycles. The molecule has 11 heavy (non-hydrogen) atoms. The fourth-order valence-corrected chi connectivity index (χ4v) is 1.59. The summed E-state index contributed by atoms with van der Waals surface area (Å²) in [5.74, 6) is 0. The van der Waals surface area contributed by atoms with Crippen LogP contribution in [0, 0.1) is 0 Å². The minimum Gasteiger partial charge on any atom is -0.303 e. The number of likely N-dealkylation sites (tertiary alicyclic amines) is 1. The van der Waals surface area contributed by atoms with Crippen molar-refractivity contribution in [3.8, 4) is 0 Å². The molecule has 2 unspecified atom stereocenters. The minimum atomic E-state index is -1.26. The molecular weight excluding hydrogens is 145 g/mol. The first-order chi connectivity index (χ1) is 5.24. The third kappa shape index (κ3) is 2.26. The Morgan fingerprint density at radius 3 is 3.00 bits per heavy atom. The Morgan fingerprint density at radius 2 is 2.55 bits per heavy atom. The van der Waals surface area contributed by atoms with E-state index in [-0.39, 0.29) is 6.04 Å². The van der Waals surface area contributed by atoms with Crippen LogP contribution in [0.5, 0.6) is 0 Å². The van der Waals surface area contributed by atoms with Crippen LogP contribution < -0.4 is 0 Å². The molecule has 1 rings (SSSR count). The highest BCUT2D eigenvalue weighted by molar-refractivity contribution is 5.55. The summed E-state index contributed by atoms with van der Waals surface area (Å²) in [7, 11) is 1.98. The van der Waals surface area contributed by atoms with Crippen molar-refractivity contribution in [3.05, 3.63) is 0 Å². The van der Waals surface area contributed by atoms with E-state index in [1.54, 1.807) is 0 Å². The maximum atomic E-state index is 12.6. The zero-order valence-corrected chi connectivity index (χ0v) is 6.79. The highest BCUT2D eigenvalue weighted by Gasteiger charge is 2.23. The van der Waals surface area contributed by atoms with Crippen LogP contribution in [0.3, 0.4) is 0 Å². The summed E-state index contributed by atoms with van der Waals surface area (Å²) in [6.07, 6.45) is 1.67. The number of halogens is 1. The Balaban J connectivity index is 2.30. The maximum Gasteiger partial charge on any atom is 0.157 e. The molecule has 1 aliphatic rings. The summed E-state index contributed by atoms with van der Waals surface area (Å²) in [4.78, 5) is 12.1. The van der Waals surface area contributed by atoms with E-state index < -0.39 is 6.17 Å². The van der Waals surface area contributed by atoms with Gasteiger partial charge in [0.1, 0.15) is 0 Å². The second-order valence-electron chi connectivity index (χ2n) is 3.16. The Bertz CT molecular complexity index is 140. The number of hydrogen-bond acceptors (Lipinski definition) is 2. The van der Waals surface area contributed by atoms with Crippen molar-refractivity contribution in [2.45, 2.75) is 31.5 Å². The third-order valence-corrected chi connectivity index (χ3v) is 2.32. The van der Waals surface area contributed by atoms with Crippen LogP contribution in [0.1, 0.15) is 19.3 Å². The van der Waals surface area contributed by atoms with Crippen LogP contribution in [0.15, 0.2) is 0 Å². The number of hydrogen-bond donors (Lipinski definition) is 0. The predicted octanol–water partition coefficient (Wildman–Crippen LogP) is 1.01. The molecule has 0 N–H and O–H groups in total. The highest BCUT2D eigenvalue weighted by atomic mass is 19.1. The quantitative estimate of drug-likeness (QED) is 0.573. The van der Waals surface area contributed by atoms with Crippen molar-refractivity contribution in [3.63, 3.8) is 0 Å². The van der Waals surface area contributed by atoms with E-state index in [0.717, 1.165) is 19.4 Å². The summed E-state index contributed by atoms with van der Waals surface area (Å²) in [5.41, 5.74) is 0. The fraction of sp³-hybridized carbons (Fsp3) is 0.875. The van der Waals surface area contributed by atoms with Crippen molar-refractivity contribution in [2.24, 2.45) is 0 Å². The molecule has 1 saturated heterocycles. The Morgan fingerprint density at radius 1 is 1.82 bits per heavy atom. The summed E-state index contributed by atoms with van der Waals surface area (Å²) in [6.45, 7) is 1.04. The number of rotatable bonds is 3. The molecule has 2 atom stereocenters. The molecule has 0 aromatic rings. The van der Waals surface area contributed by atoms with E-state index in [0.29, 0.717) is 12.7 Å². The first kappa shape index (κ1) is 8.65. The van der Waals surface area contributed by atoms with Crippen molar-refractivity contribution in [1.29, 1.82) is 0 Å².